The van der Waals surface area contributed by atoms with Crippen molar-refractivity contribution in [2.45, 2.75) is 74.8 Å². The fourth-order valence-electron chi connectivity index (χ4n) is 5.81. The molecule has 0 aliphatic heterocycles. The van der Waals surface area contributed by atoms with Crippen LogP contribution in [0.4, 0.5) is 0 Å². The summed E-state index contributed by atoms with van der Waals surface area (Å²) in [6.45, 7) is 2.42. The molecular formula is C34H33Cl3INO4. The highest BCUT2D eigenvalue weighted by Gasteiger charge is 2.35. The lowest BCUT2D eigenvalue weighted by molar-refractivity contribution is -0.147. The summed E-state index contributed by atoms with van der Waals surface area (Å²) < 4.78 is 12.1. The van der Waals surface area contributed by atoms with Gasteiger partial charge in [0, 0.05) is 20.2 Å². The van der Waals surface area contributed by atoms with Gasteiger partial charge in [0.1, 0.15) is 12.4 Å². The van der Waals surface area contributed by atoms with Gasteiger partial charge in [0.25, 0.3) is 5.91 Å². The third-order valence-corrected chi connectivity index (χ3v) is 8.81. The minimum absolute atomic E-state index is 0.185. The van der Waals surface area contributed by atoms with Crippen LogP contribution in [0.3, 0.4) is 0 Å². The predicted octanol–water partition coefficient (Wildman–Crippen LogP) is 9.93. The van der Waals surface area contributed by atoms with E-state index in [2.05, 4.69) is 41.6 Å². The predicted molar refractivity (Wildman–Crippen MR) is 182 cm³/mol. The summed E-state index contributed by atoms with van der Waals surface area (Å²) in [6.07, 6.45) is 7.77. The maximum absolute atomic E-state index is 14.1. The van der Waals surface area contributed by atoms with Crippen LogP contribution in [0, 0.1) is 3.57 Å². The monoisotopic (exact) mass is 751 g/mol. The molecule has 1 aliphatic carbocycles. The molecule has 3 aromatic carbocycles. The lowest BCUT2D eigenvalue weighted by atomic mass is 9.84. The second-order valence-electron chi connectivity index (χ2n) is 10.9. The molecule has 4 aromatic rings. The number of fused-ring (bicyclic) bond motifs is 3. The number of hydrogen-bond donors (Lipinski definition) is 0. The molecule has 1 aliphatic rings. The lowest BCUT2D eigenvalue weighted by Crippen LogP contribution is -2.23. The zero-order valence-electron chi connectivity index (χ0n) is 23.9. The Morgan fingerprint density at radius 1 is 0.953 bits per heavy atom. The van der Waals surface area contributed by atoms with Gasteiger partial charge in [0.2, 0.25) is 0 Å². The zero-order chi connectivity index (χ0) is 30.6. The molecule has 0 spiro atoms. The summed E-state index contributed by atoms with van der Waals surface area (Å²) in [6, 6.07) is 20.8. The molecule has 0 fully saturated rings. The third kappa shape index (κ3) is 7.88. The van der Waals surface area contributed by atoms with Crippen LogP contribution in [0.25, 0.3) is 10.9 Å². The molecule has 1 aromatic heterocycles. The van der Waals surface area contributed by atoms with Crippen LogP contribution in [-0.4, -0.2) is 20.4 Å². The molecule has 9 heteroatoms. The Bertz CT molecular complexity index is 1590. The number of aromatic nitrogens is 1. The van der Waals surface area contributed by atoms with Crippen molar-refractivity contribution in [3.05, 3.63) is 98.2 Å². The average Bonchev–Trinajstić information content (AvgIpc) is 3.32. The van der Waals surface area contributed by atoms with E-state index in [1.807, 2.05) is 30.3 Å². The number of halogens is 4. The fourth-order valence-corrected chi connectivity index (χ4v) is 6.44. The lowest BCUT2D eigenvalue weighted by Gasteiger charge is -2.23. The number of hydrogen-bond acceptors (Lipinski definition) is 4. The molecule has 1 atom stereocenters. The van der Waals surface area contributed by atoms with E-state index in [4.69, 9.17) is 44.3 Å². The van der Waals surface area contributed by atoms with Crippen LogP contribution in [0.1, 0.15) is 84.1 Å². The SMILES string of the molecule is CCCCCCc1ccc2c(c1)c1c(n2C(=O)c2ccc(OC(Cl)(Cl)Cl)cc2)CCCC1C(=O)OCc1ccc(I)cc1. The highest BCUT2D eigenvalue weighted by molar-refractivity contribution is 14.1. The first-order chi connectivity index (χ1) is 20.6. The first-order valence-electron chi connectivity index (χ1n) is 14.6. The molecule has 5 rings (SSSR count). The average molecular weight is 753 g/mol. The van der Waals surface area contributed by atoms with Gasteiger partial charge in [-0.3, -0.25) is 14.2 Å². The maximum Gasteiger partial charge on any atom is 0.338 e. The van der Waals surface area contributed by atoms with Crippen molar-refractivity contribution in [1.29, 1.82) is 0 Å². The summed E-state index contributed by atoms with van der Waals surface area (Å²) in [7, 11) is 0. The minimum Gasteiger partial charge on any atom is -0.460 e. The zero-order valence-corrected chi connectivity index (χ0v) is 28.3. The number of ether oxygens (including phenoxy) is 2. The molecule has 226 valence electrons. The highest BCUT2D eigenvalue weighted by Crippen LogP contribution is 2.41. The van der Waals surface area contributed by atoms with Gasteiger partial charge in [-0.2, -0.15) is 0 Å². The van der Waals surface area contributed by atoms with E-state index >= 15 is 0 Å². The van der Waals surface area contributed by atoms with Crippen LogP contribution >= 0.6 is 57.4 Å². The van der Waals surface area contributed by atoms with Gasteiger partial charge >= 0.3 is 9.95 Å². The van der Waals surface area contributed by atoms with E-state index in [1.165, 1.54) is 24.8 Å². The van der Waals surface area contributed by atoms with E-state index < -0.39 is 9.90 Å². The van der Waals surface area contributed by atoms with Gasteiger partial charge < -0.3 is 9.47 Å². The minimum atomic E-state index is -1.90. The Hall–Kier alpha value is -2.26. The summed E-state index contributed by atoms with van der Waals surface area (Å²) in [4.78, 5) is 27.7. The Morgan fingerprint density at radius 3 is 2.37 bits per heavy atom. The fraction of sp³-hybridized carbons (Fsp3) is 0.353. The summed E-state index contributed by atoms with van der Waals surface area (Å²) >= 11 is 19.5. The standard InChI is InChI=1S/C34H33Cl3INO4/c1-2-3-4-5-7-22-12-19-29-28(20-22)31-27(33(41)42-21-23-10-15-25(38)16-11-23)8-6-9-30(31)39(29)32(40)24-13-17-26(18-14-24)43-34(35,36)37/h10-20,27H,2-9,21H2,1H3. The smallest absolute Gasteiger partial charge is 0.338 e. The molecule has 5 nitrogen and oxygen atoms in total. The summed E-state index contributed by atoms with van der Waals surface area (Å²) in [5.41, 5.74) is 5.19. The van der Waals surface area contributed by atoms with E-state index in [9.17, 15) is 9.59 Å². The van der Waals surface area contributed by atoms with Crippen molar-refractivity contribution in [3.63, 3.8) is 0 Å². The highest BCUT2D eigenvalue weighted by atomic mass is 127. The topological polar surface area (TPSA) is 57.5 Å². The first-order valence-corrected chi connectivity index (χ1v) is 16.8. The number of esters is 1. The maximum atomic E-state index is 14.1. The number of rotatable bonds is 10. The number of carbonyl (C=O) groups excluding carboxylic acids is 2. The second-order valence-corrected chi connectivity index (χ2v) is 14.3. The van der Waals surface area contributed by atoms with Crippen LogP contribution in [0.2, 0.25) is 0 Å². The quantitative estimate of drug-likeness (QED) is 0.0701. The Labute approximate surface area is 280 Å². The van der Waals surface area contributed by atoms with Crippen LogP contribution < -0.4 is 4.74 Å². The molecule has 43 heavy (non-hydrogen) atoms. The Balaban J connectivity index is 1.51. The Morgan fingerprint density at radius 2 is 1.67 bits per heavy atom. The molecule has 0 N–H and O–H groups in total. The van der Waals surface area contributed by atoms with Gasteiger partial charge in [-0.1, -0.05) is 44.4 Å². The van der Waals surface area contributed by atoms with Gasteiger partial charge in [-0.05, 0) is 155 Å². The van der Waals surface area contributed by atoms with E-state index in [-0.39, 0.29) is 18.5 Å². The third-order valence-electron chi connectivity index (χ3n) is 7.86. The van der Waals surface area contributed by atoms with Crippen LogP contribution in [0.15, 0.2) is 66.7 Å². The number of nitrogens with zero attached hydrogens (tertiary/aromatic N) is 1. The van der Waals surface area contributed by atoms with Gasteiger partial charge in [-0.15, -0.1) is 0 Å². The van der Waals surface area contributed by atoms with Gasteiger partial charge in [0.05, 0.1) is 11.4 Å². The molecule has 0 saturated carbocycles. The molecular weight excluding hydrogens is 720 g/mol. The van der Waals surface area contributed by atoms with Crippen molar-refractivity contribution in [1.82, 2.24) is 4.57 Å². The van der Waals surface area contributed by atoms with Gasteiger partial charge in [-0.25, -0.2) is 0 Å². The summed E-state index contributed by atoms with van der Waals surface area (Å²) in [5, 5.41) is 0.948. The number of alkyl halides is 3. The molecule has 0 saturated heterocycles. The van der Waals surface area contributed by atoms with Crippen molar-refractivity contribution in [2.75, 3.05) is 0 Å². The number of benzene rings is 3. The van der Waals surface area contributed by atoms with Crippen molar-refractivity contribution < 1.29 is 19.1 Å². The molecule has 0 radical (unpaired) electrons. The van der Waals surface area contributed by atoms with Crippen LogP contribution in [-0.2, 0) is 29.0 Å². The van der Waals surface area contributed by atoms with E-state index in [0.717, 1.165) is 50.6 Å². The van der Waals surface area contributed by atoms with Crippen molar-refractivity contribution >= 4 is 80.2 Å². The molecule has 0 bridgehead atoms. The van der Waals surface area contributed by atoms with Gasteiger partial charge in [0.15, 0.2) is 0 Å². The largest absolute Gasteiger partial charge is 0.460 e. The molecule has 1 unspecified atom stereocenters. The van der Waals surface area contributed by atoms with Crippen LogP contribution in [0.5, 0.6) is 5.75 Å². The number of aryl methyl sites for hydroxylation is 1. The summed E-state index contributed by atoms with van der Waals surface area (Å²) in [5.74, 6) is -0.554. The van der Waals surface area contributed by atoms with E-state index in [1.54, 1.807) is 28.8 Å². The second kappa shape index (κ2) is 14.2. The Kier molecular flexibility index (Phi) is 10.6. The number of carbonyl (C=O) groups is 2. The normalized spacial score (nSPS) is 14.9. The number of unbranched alkanes of at least 4 members (excludes halogenated alkanes) is 3. The van der Waals surface area contributed by atoms with Crippen molar-refractivity contribution in [2.24, 2.45) is 0 Å². The van der Waals surface area contributed by atoms with Crippen molar-refractivity contribution in [3.8, 4) is 5.75 Å². The molecule has 1 heterocycles. The first kappa shape index (κ1) is 32.1. The van der Waals surface area contributed by atoms with E-state index in [0.29, 0.717) is 24.2 Å². The molecule has 0 amide bonds.